The summed E-state index contributed by atoms with van der Waals surface area (Å²) in [6.07, 6.45) is 0. The fourth-order valence-corrected chi connectivity index (χ4v) is 12.3. The van der Waals surface area contributed by atoms with Gasteiger partial charge in [0.15, 0.2) is 0 Å². The summed E-state index contributed by atoms with van der Waals surface area (Å²) in [7, 11) is 0. The Morgan fingerprint density at radius 3 is 0.971 bits per heavy atom. The lowest BCUT2D eigenvalue weighted by atomic mass is 9.66. The van der Waals surface area contributed by atoms with E-state index in [1.165, 1.54) is 88.3 Å². The molecule has 2 heteroatoms. The molecular weight excluding hydrogens is 825 g/mol. The highest BCUT2D eigenvalue weighted by molar-refractivity contribution is 5.99. The second kappa shape index (κ2) is 14.4. The second-order valence-electron chi connectivity index (χ2n) is 18.7. The normalized spacial score (nSPS) is 16.8. The van der Waals surface area contributed by atoms with Crippen molar-refractivity contribution in [2.75, 3.05) is 0 Å². The van der Waals surface area contributed by atoms with Crippen LogP contribution in [0.5, 0.6) is 11.5 Å². The quantitative estimate of drug-likeness (QED) is 0.181. The van der Waals surface area contributed by atoms with Crippen LogP contribution in [0.4, 0.5) is 0 Å². The molecule has 2 unspecified atom stereocenters. The lowest BCUT2D eigenvalue weighted by Crippen LogP contribution is -2.28. The van der Waals surface area contributed by atoms with Gasteiger partial charge in [0.2, 0.25) is 0 Å². The van der Waals surface area contributed by atoms with Crippen LogP contribution in [0.15, 0.2) is 243 Å². The molecule has 318 valence electrons. The molecule has 12 aromatic rings. The number of rotatable bonds is 5. The number of aromatic hydroxyl groups is 2. The highest BCUT2D eigenvalue weighted by Crippen LogP contribution is 2.59. The lowest BCUT2D eigenvalue weighted by molar-refractivity contribution is 0.475. The fraction of sp³-hybridized carbons (Fsp3) is 0.0303. The summed E-state index contributed by atoms with van der Waals surface area (Å²) in [4.78, 5) is 0. The summed E-state index contributed by atoms with van der Waals surface area (Å²) in [6.45, 7) is 0. The Bertz CT molecular complexity index is 3790. The van der Waals surface area contributed by atoms with Crippen molar-refractivity contribution in [1.82, 2.24) is 0 Å². The highest BCUT2D eigenvalue weighted by atomic mass is 16.3. The molecule has 0 bridgehead atoms. The molecule has 2 N–H and O–H groups in total. The zero-order valence-electron chi connectivity index (χ0n) is 37.0. The van der Waals surface area contributed by atoms with Gasteiger partial charge in [-0.25, -0.2) is 0 Å². The SMILES string of the molecule is Oc1ccc2cc(C3(c4ccc(-c5ccc(C6(c7ccc8cc(O)ccc8c7)c7ccccc7-c7cc8ccccc8cc76)cc5)cc4)c4ccccc4-c4cc5ccccc5cc43)ccc2c1. The van der Waals surface area contributed by atoms with Crippen LogP contribution in [-0.4, -0.2) is 10.2 Å². The molecule has 0 aliphatic heterocycles. The average Bonchev–Trinajstić information content (AvgIpc) is 3.84. The molecule has 0 saturated carbocycles. The molecule has 2 nitrogen and oxygen atoms in total. The number of phenolic OH excluding ortho intramolecular Hbond substituents is 2. The van der Waals surface area contributed by atoms with Crippen molar-refractivity contribution in [3.05, 3.63) is 287 Å². The maximum absolute atomic E-state index is 10.4. The molecule has 14 rings (SSSR count). The Labute approximate surface area is 394 Å². The van der Waals surface area contributed by atoms with Crippen molar-refractivity contribution in [2.24, 2.45) is 0 Å². The first-order chi connectivity index (χ1) is 33.5. The molecule has 0 spiro atoms. The van der Waals surface area contributed by atoms with Gasteiger partial charge in [-0.05, 0) is 182 Å². The highest BCUT2D eigenvalue weighted by Gasteiger charge is 2.48. The Kier molecular flexibility index (Phi) is 8.15. The molecule has 0 aromatic heterocycles. The van der Waals surface area contributed by atoms with E-state index in [4.69, 9.17) is 0 Å². The van der Waals surface area contributed by atoms with Crippen LogP contribution in [0.3, 0.4) is 0 Å². The minimum atomic E-state index is -0.594. The van der Waals surface area contributed by atoms with Gasteiger partial charge in [0.05, 0.1) is 10.8 Å². The van der Waals surface area contributed by atoms with Gasteiger partial charge in [0.25, 0.3) is 0 Å². The largest absolute Gasteiger partial charge is 0.508 e. The minimum Gasteiger partial charge on any atom is -0.508 e. The maximum Gasteiger partial charge on any atom is 0.116 e. The summed E-state index contributed by atoms with van der Waals surface area (Å²) in [5.74, 6) is 0.535. The number of phenols is 2. The van der Waals surface area contributed by atoms with Crippen LogP contribution < -0.4 is 0 Å². The summed E-state index contributed by atoms with van der Waals surface area (Å²) in [6, 6.07) is 88.1. The van der Waals surface area contributed by atoms with E-state index in [0.717, 1.165) is 32.7 Å². The first-order valence-electron chi connectivity index (χ1n) is 23.4. The van der Waals surface area contributed by atoms with Gasteiger partial charge in [-0.15, -0.1) is 0 Å². The number of hydrogen-bond donors (Lipinski definition) is 2. The summed E-state index contributed by atoms with van der Waals surface area (Å²) < 4.78 is 0. The standard InChI is InChI=1S/C66H42O2/c67-55-31-23-47-33-53(29-21-49(47)35-55)65(61-15-7-5-13-57(61)59-37-43-9-1-3-11-45(43)39-63(59)65)51-25-17-41(18-26-51)42-19-27-52(28-20-42)66(54-30-22-50-36-56(68)32-24-48(50)34-54)62-16-8-6-14-58(62)60-38-44-10-2-4-12-46(44)40-64(60)66/h1-40,67-68H. The van der Waals surface area contributed by atoms with Crippen molar-refractivity contribution in [1.29, 1.82) is 0 Å². The molecule has 0 radical (unpaired) electrons. The number of hydrogen-bond acceptors (Lipinski definition) is 2. The summed E-state index contributed by atoms with van der Waals surface area (Å²) in [5.41, 5.74) is 16.0. The van der Waals surface area contributed by atoms with E-state index in [1.807, 2.05) is 24.3 Å². The molecule has 2 aliphatic carbocycles. The molecule has 0 fully saturated rings. The fourth-order valence-electron chi connectivity index (χ4n) is 12.3. The first-order valence-corrected chi connectivity index (χ1v) is 23.4. The van der Waals surface area contributed by atoms with E-state index in [2.05, 4.69) is 206 Å². The van der Waals surface area contributed by atoms with E-state index < -0.39 is 10.8 Å². The predicted molar refractivity (Wildman–Crippen MR) is 280 cm³/mol. The van der Waals surface area contributed by atoms with E-state index in [9.17, 15) is 10.2 Å². The van der Waals surface area contributed by atoms with E-state index in [-0.39, 0.29) is 11.5 Å². The van der Waals surface area contributed by atoms with Gasteiger partial charge in [0, 0.05) is 0 Å². The maximum atomic E-state index is 10.4. The van der Waals surface area contributed by atoms with Crippen LogP contribution in [0.25, 0.3) is 76.5 Å². The molecule has 0 amide bonds. The smallest absolute Gasteiger partial charge is 0.116 e. The number of fused-ring (bicyclic) bond motifs is 10. The molecule has 0 heterocycles. The predicted octanol–water partition coefficient (Wildman–Crippen LogP) is 16.1. The first kappa shape index (κ1) is 38.5. The average molecular weight is 867 g/mol. The third-order valence-corrected chi connectivity index (χ3v) is 15.3. The van der Waals surface area contributed by atoms with Crippen molar-refractivity contribution >= 4 is 43.1 Å². The third kappa shape index (κ3) is 5.40. The topological polar surface area (TPSA) is 40.5 Å². The third-order valence-electron chi connectivity index (χ3n) is 15.3. The van der Waals surface area contributed by atoms with E-state index in [1.54, 1.807) is 12.1 Å². The van der Waals surface area contributed by atoms with E-state index >= 15 is 0 Å². The Hall–Kier alpha value is -8.72. The molecule has 2 atom stereocenters. The van der Waals surface area contributed by atoms with Gasteiger partial charge in [0.1, 0.15) is 11.5 Å². The molecule has 68 heavy (non-hydrogen) atoms. The molecule has 0 saturated heterocycles. The second-order valence-corrected chi connectivity index (χ2v) is 18.7. The van der Waals surface area contributed by atoms with E-state index in [0.29, 0.717) is 0 Å². The van der Waals surface area contributed by atoms with Crippen LogP contribution in [0.1, 0.15) is 44.5 Å². The monoisotopic (exact) mass is 866 g/mol. The summed E-state index contributed by atoms with van der Waals surface area (Å²) in [5, 5.41) is 29.9. The Morgan fingerprint density at radius 1 is 0.221 bits per heavy atom. The Morgan fingerprint density at radius 2 is 0.544 bits per heavy atom. The van der Waals surface area contributed by atoms with Crippen molar-refractivity contribution in [2.45, 2.75) is 10.8 Å². The number of benzene rings is 12. The van der Waals surface area contributed by atoms with Crippen LogP contribution in [0.2, 0.25) is 0 Å². The molecule has 12 aromatic carbocycles. The zero-order chi connectivity index (χ0) is 45.1. The van der Waals surface area contributed by atoms with Gasteiger partial charge < -0.3 is 10.2 Å². The van der Waals surface area contributed by atoms with Crippen LogP contribution in [0, 0.1) is 0 Å². The van der Waals surface area contributed by atoms with Gasteiger partial charge in [-0.1, -0.05) is 182 Å². The molecule has 2 aliphatic rings. The van der Waals surface area contributed by atoms with Crippen LogP contribution >= 0.6 is 0 Å². The van der Waals surface area contributed by atoms with Gasteiger partial charge >= 0.3 is 0 Å². The van der Waals surface area contributed by atoms with Crippen molar-refractivity contribution < 1.29 is 10.2 Å². The lowest BCUT2D eigenvalue weighted by Gasteiger charge is -2.35. The summed E-state index contributed by atoms with van der Waals surface area (Å²) >= 11 is 0. The Balaban J connectivity index is 0.944. The zero-order valence-corrected chi connectivity index (χ0v) is 37.0. The minimum absolute atomic E-state index is 0.267. The van der Waals surface area contributed by atoms with Gasteiger partial charge in [-0.2, -0.15) is 0 Å². The van der Waals surface area contributed by atoms with Crippen molar-refractivity contribution in [3.63, 3.8) is 0 Å². The van der Waals surface area contributed by atoms with Crippen molar-refractivity contribution in [3.8, 4) is 44.9 Å². The molecular formula is C66H42O2. The van der Waals surface area contributed by atoms with Gasteiger partial charge in [-0.3, -0.25) is 0 Å². The van der Waals surface area contributed by atoms with Crippen LogP contribution in [-0.2, 0) is 10.8 Å².